The third-order valence-corrected chi connectivity index (χ3v) is 0.868. The molecule has 4 heteroatoms. The Morgan fingerprint density at radius 3 is 2.50 bits per heavy atom. The molecule has 0 atom stereocenters. The molecule has 8 heavy (non-hydrogen) atoms. The van der Waals surface area contributed by atoms with Gasteiger partial charge in [0.1, 0.15) is 0 Å². The predicted octanol–water partition coefficient (Wildman–Crippen LogP) is 1.04. The molecule has 0 saturated heterocycles. The van der Waals surface area contributed by atoms with E-state index in [1.807, 2.05) is 0 Å². The van der Waals surface area contributed by atoms with Crippen LogP contribution in [0.15, 0.2) is 17.0 Å². The van der Waals surface area contributed by atoms with Crippen molar-refractivity contribution in [3.8, 4) is 0 Å². The minimum atomic E-state index is 0. The van der Waals surface area contributed by atoms with Gasteiger partial charge in [-0.1, -0.05) is 15.9 Å². The van der Waals surface area contributed by atoms with Crippen molar-refractivity contribution >= 4 is 15.9 Å². The zero-order valence-corrected chi connectivity index (χ0v) is 6.86. The maximum Gasteiger partial charge on any atom is 2.00 e. The molecule has 0 spiro atoms. The molecule has 0 aliphatic heterocycles. The van der Waals surface area contributed by atoms with E-state index in [4.69, 9.17) is 0 Å². The van der Waals surface area contributed by atoms with Gasteiger partial charge in [-0.3, -0.25) is 4.98 Å². The molecule has 39 valence electrons. The monoisotopic (exact) mass is 208 g/mol. The molecule has 0 bridgehead atoms. The van der Waals surface area contributed by atoms with Crippen LogP contribution in [0.1, 0.15) is 0 Å². The average Bonchev–Trinajstić information content (AvgIpc) is 1.69. The van der Waals surface area contributed by atoms with E-state index >= 15 is 0 Å². The number of rotatable bonds is 0. The average molecular weight is 209 g/mol. The van der Waals surface area contributed by atoms with Gasteiger partial charge in [-0.2, -0.15) is 0 Å². The Hall–Kier alpha value is 0.144. The third kappa shape index (κ3) is 2.45. The topological polar surface area (TPSA) is 25.8 Å². The molecule has 1 aromatic rings. The Morgan fingerprint density at radius 2 is 2.25 bits per heavy atom. The number of halogens is 1. The molecular formula is C4H2BrN2V+. The van der Waals surface area contributed by atoms with Gasteiger partial charge in [-0.15, -0.1) is 12.4 Å². The van der Waals surface area contributed by atoms with Gasteiger partial charge < -0.3 is 4.98 Å². The fourth-order valence-corrected chi connectivity index (χ4v) is 0.472. The Labute approximate surface area is 67.7 Å². The molecule has 0 unspecified atom stereocenters. The van der Waals surface area contributed by atoms with Crippen LogP contribution in [0.3, 0.4) is 0 Å². The van der Waals surface area contributed by atoms with E-state index < -0.39 is 0 Å². The van der Waals surface area contributed by atoms with Crippen LogP contribution in [0.5, 0.6) is 0 Å². The summed E-state index contributed by atoms with van der Waals surface area (Å²) in [5, 5.41) is 0. The summed E-state index contributed by atoms with van der Waals surface area (Å²) in [5.74, 6) is 0. The summed E-state index contributed by atoms with van der Waals surface area (Å²) >= 11 is 3.08. The van der Waals surface area contributed by atoms with Crippen molar-refractivity contribution in [3.05, 3.63) is 23.2 Å². The van der Waals surface area contributed by atoms with Gasteiger partial charge in [0.15, 0.2) is 0 Å². The number of nitrogens with zero attached hydrogens (tertiary/aromatic N) is 2. The Balaban J connectivity index is 0.000000490. The first-order valence-corrected chi connectivity index (χ1v) is 2.53. The maximum atomic E-state index is 3.78. The van der Waals surface area contributed by atoms with Gasteiger partial charge >= 0.3 is 18.6 Å². The van der Waals surface area contributed by atoms with Gasteiger partial charge in [0.25, 0.3) is 0 Å². The zero-order valence-electron chi connectivity index (χ0n) is 3.87. The molecule has 0 aliphatic carbocycles. The van der Waals surface area contributed by atoms with Gasteiger partial charge in [0.2, 0.25) is 0 Å². The normalized spacial score (nSPS) is 7.62. The van der Waals surface area contributed by atoms with Crippen LogP contribution >= 0.6 is 15.9 Å². The van der Waals surface area contributed by atoms with Gasteiger partial charge in [-0.05, 0) is 6.20 Å². The van der Waals surface area contributed by atoms with E-state index in [0.717, 1.165) is 0 Å². The Bertz CT molecular complexity index is 144. The quantitative estimate of drug-likeness (QED) is 0.596. The second-order valence-corrected chi connectivity index (χ2v) is 1.71. The van der Waals surface area contributed by atoms with E-state index in [-0.39, 0.29) is 18.6 Å². The van der Waals surface area contributed by atoms with Crippen LogP contribution in [-0.4, -0.2) is 9.97 Å². The molecule has 0 amide bonds. The van der Waals surface area contributed by atoms with Crippen molar-refractivity contribution in [3.63, 3.8) is 0 Å². The van der Waals surface area contributed by atoms with Crippen molar-refractivity contribution in [2.75, 3.05) is 0 Å². The summed E-state index contributed by atoms with van der Waals surface area (Å²) in [6.45, 7) is 0. The molecule has 0 saturated carbocycles. The summed E-state index contributed by atoms with van der Waals surface area (Å²) in [6, 6.07) is 0. The molecule has 2 nitrogen and oxygen atoms in total. The smallest absolute Gasteiger partial charge is 0.455 e. The largest absolute Gasteiger partial charge is 2.00 e. The summed E-state index contributed by atoms with van der Waals surface area (Å²) < 4.78 is 0.648. The van der Waals surface area contributed by atoms with Gasteiger partial charge in [-0.25, -0.2) is 0 Å². The molecule has 1 heterocycles. The van der Waals surface area contributed by atoms with Crippen molar-refractivity contribution in [2.45, 2.75) is 0 Å². The fraction of sp³-hybridized carbons (Fsp3) is 0. The summed E-state index contributed by atoms with van der Waals surface area (Å²) in [6.07, 6.45) is 5.76. The first-order valence-electron chi connectivity index (χ1n) is 1.74. The van der Waals surface area contributed by atoms with Crippen molar-refractivity contribution in [1.82, 2.24) is 9.97 Å². The second-order valence-electron chi connectivity index (χ2n) is 0.959. The summed E-state index contributed by atoms with van der Waals surface area (Å²) in [4.78, 5) is 7.43. The minimum Gasteiger partial charge on any atom is -0.455 e. The minimum absolute atomic E-state index is 0. The SMILES string of the molecule is Brc1[c-]nccn1.[V+2]. The summed E-state index contributed by atoms with van der Waals surface area (Å²) in [5.41, 5.74) is 0. The molecule has 0 N–H and O–H groups in total. The van der Waals surface area contributed by atoms with Crippen LogP contribution in [0.25, 0.3) is 0 Å². The fourth-order valence-electron chi connectivity index (χ4n) is 0.252. The van der Waals surface area contributed by atoms with Gasteiger partial charge in [0.05, 0.1) is 0 Å². The molecule has 1 radical (unpaired) electrons. The van der Waals surface area contributed by atoms with Crippen LogP contribution < -0.4 is 0 Å². The molecule has 1 aromatic heterocycles. The molecule has 1 rings (SSSR count). The Morgan fingerprint density at radius 1 is 1.50 bits per heavy atom. The van der Waals surface area contributed by atoms with E-state index in [0.29, 0.717) is 4.60 Å². The number of hydrogen-bond donors (Lipinski definition) is 0. The second kappa shape index (κ2) is 4.07. The zero-order chi connectivity index (χ0) is 5.11. The van der Waals surface area contributed by atoms with Crippen LogP contribution in [0.4, 0.5) is 0 Å². The molecular weight excluding hydrogens is 207 g/mol. The predicted molar refractivity (Wildman–Crippen MR) is 28.6 cm³/mol. The van der Waals surface area contributed by atoms with E-state index in [1.165, 1.54) is 0 Å². The van der Waals surface area contributed by atoms with Crippen molar-refractivity contribution < 1.29 is 18.6 Å². The Kier molecular flexibility index (Phi) is 4.14. The maximum absolute atomic E-state index is 3.78. The number of hydrogen-bond acceptors (Lipinski definition) is 2. The van der Waals surface area contributed by atoms with Gasteiger partial charge in [0, 0.05) is 4.60 Å². The van der Waals surface area contributed by atoms with Crippen LogP contribution in [0, 0.1) is 6.20 Å². The summed E-state index contributed by atoms with van der Waals surface area (Å²) in [7, 11) is 0. The molecule has 0 aliphatic rings. The molecule has 0 fully saturated rings. The van der Waals surface area contributed by atoms with Crippen LogP contribution in [0.2, 0.25) is 0 Å². The number of aromatic nitrogens is 2. The van der Waals surface area contributed by atoms with Crippen molar-refractivity contribution in [2.24, 2.45) is 0 Å². The van der Waals surface area contributed by atoms with Crippen molar-refractivity contribution in [1.29, 1.82) is 0 Å². The van der Waals surface area contributed by atoms with E-state index in [2.05, 4.69) is 32.1 Å². The first kappa shape index (κ1) is 8.14. The third-order valence-electron chi connectivity index (χ3n) is 0.486. The van der Waals surface area contributed by atoms with E-state index in [9.17, 15) is 0 Å². The first-order chi connectivity index (χ1) is 3.39. The van der Waals surface area contributed by atoms with E-state index in [1.54, 1.807) is 12.4 Å². The standard InChI is InChI=1S/C4H2BrN2.V/c5-4-3-6-1-2-7-4;/h1-2H;/q-1;+2. The molecule has 0 aromatic carbocycles. The van der Waals surface area contributed by atoms with Crippen LogP contribution in [-0.2, 0) is 18.6 Å².